The summed E-state index contributed by atoms with van der Waals surface area (Å²) in [4.78, 5) is 11.4. The molecule has 1 aliphatic rings. The summed E-state index contributed by atoms with van der Waals surface area (Å²) in [5.74, 6) is 0.558. The van der Waals surface area contributed by atoms with Gasteiger partial charge in [0.1, 0.15) is 0 Å². The molecular weight excluding hydrogens is 176 g/mol. The van der Waals surface area contributed by atoms with Crippen molar-refractivity contribution in [1.29, 1.82) is 0 Å². The van der Waals surface area contributed by atoms with Crippen molar-refractivity contribution in [3.63, 3.8) is 0 Å². The zero-order valence-electron chi connectivity index (χ0n) is 8.32. The highest BCUT2D eigenvalue weighted by atomic mass is 16.5. The maximum atomic E-state index is 11.4. The van der Waals surface area contributed by atoms with Crippen LogP contribution in [-0.2, 0) is 4.74 Å². The summed E-state index contributed by atoms with van der Waals surface area (Å²) < 4.78 is 5.33. The van der Waals surface area contributed by atoms with Crippen molar-refractivity contribution in [2.24, 2.45) is 0 Å². The van der Waals surface area contributed by atoms with E-state index in [9.17, 15) is 4.79 Å². The molecule has 1 saturated heterocycles. The fourth-order valence-electron chi connectivity index (χ4n) is 1.95. The van der Waals surface area contributed by atoms with E-state index in [2.05, 4.69) is 0 Å². The molecule has 1 heterocycles. The van der Waals surface area contributed by atoms with Crippen molar-refractivity contribution in [3.05, 3.63) is 35.4 Å². The fourth-order valence-corrected chi connectivity index (χ4v) is 1.95. The third-order valence-electron chi connectivity index (χ3n) is 2.71. The maximum absolute atomic E-state index is 11.4. The minimum atomic E-state index is 0.146. The van der Waals surface area contributed by atoms with Crippen molar-refractivity contribution >= 4 is 5.78 Å². The molecule has 0 amide bonds. The highest BCUT2D eigenvalue weighted by Crippen LogP contribution is 2.27. The summed E-state index contributed by atoms with van der Waals surface area (Å²) >= 11 is 0. The zero-order valence-corrected chi connectivity index (χ0v) is 8.32. The number of hydrogen-bond acceptors (Lipinski definition) is 2. The molecule has 0 aromatic heterocycles. The molecule has 2 nitrogen and oxygen atoms in total. The van der Waals surface area contributed by atoms with Gasteiger partial charge in [-0.1, -0.05) is 24.3 Å². The predicted molar refractivity (Wildman–Crippen MR) is 54.6 cm³/mol. The standard InChI is InChI=1S/C12H14O2/c1-9(13)11-4-2-3-5-12(11)10-6-7-14-8-10/h2-5,10H,6-8H2,1H3. The second kappa shape index (κ2) is 3.93. The topological polar surface area (TPSA) is 26.3 Å². The Balaban J connectivity index is 2.35. The second-order valence-electron chi connectivity index (χ2n) is 3.70. The van der Waals surface area contributed by atoms with E-state index in [1.165, 1.54) is 0 Å². The highest BCUT2D eigenvalue weighted by molar-refractivity contribution is 5.95. The van der Waals surface area contributed by atoms with Crippen LogP contribution in [-0.4, -0.2) is 19.0 Å². The second-order valence-corrected chi connectivity index (χ2v) is 3.70. The first-order valence-electron chi connectivity index (χ1n) is 4.96. The van der Waals surface area contributed by atoms with Gasteiger partial charge in [0.15, 0.2) is 5.78 Å². The van der Waals surface area contributed by atoms with Crippen molar-refractivity contribution < 1.29 is 9.53 Å². The van der Waals surface area contributed by atoms with Crippen molar-refractivity contribution in [2.45, 2.75) is 19.3 Å². The molecular formula is C12H14O2. The highest BCUT2D eigenvalue weighted by Gasteiger charge is 2.21. The molecule has 2 heteroatoms. The Labute approximate surface area is 83.9 Å². The molecule has 14 heavy (non-hydrogen) atoms. The lowest BCUT2D eigenvalue weighted by Crippen LogP contribution is -2.05. The summed E-state index contributed by atoms with van der Waals surface area (Å²) in [6.07, 6.45) is 1.03. The molecule has 2 rings (SSSR count). The van der Waals surface area contributed by atoms with Crippen LogP contribution in [0.2, 0.25) is 0 Å². The lowest BCUT2D eigenvalue weighted by atomic mass is 9.92. The number of benzene rings is 1. The summed E-state index contributed by atoms with van der Waals surface area (Å²) in [5, 5.41) is 0. The third-order valence-corrected chi connectivity index (χ3v) is 2.71. The summed E-state index contributed by atoms with van der Waals surface area (Å²) in [5.41, 5.74) is 2.00. The number of ketones is 1. The first-order chi connectivity index (χ1) is 6.79. The minimum absolute atomic E-state index is 0.146. The van der Waals surface area contributed by atoms with Crippen LogP contribution in [0.25, 0.3) is 0 Å². The summed E-state index contributed by atoms with van der Waals surface area (Å²) in [6.45, 7) is 3.19. The molecule has 0 N–H and O–H groups in total. The van der Waals surface area contributed by atoms with E-state index in [0.29, 0.717) is 5.92 Å². The van der Waals surface area contributed by atoms with Gasteiger partial charge in [0.25, 0.3) is 0 Å². The van der Waals surface area contributed by atoms with Crippen molar-refractivity contribution in [1.82, 2.24) is 0 Å². The molecule has 1 fully saturated rings. The maximum Gasteiger partial charge on any atom is 0.160 e. The minimum Gasteiger partial charge on any atom is -0.381 e. The largest absolute Gasteiger partial charge is 0.381 e. The van der Waals surface area contributed by atoms with Crippen LogP contribution < -0.4 is 0 Å². The van der Waals surface area contributed by atoms with Gasteiger partial charge in [-0.2, -0.15) is 0 Å². The van der Waals surface area contributed by atoms with E-state index < -0.39 is 0 Å². The average molecular weight is 190 g/mol. The van der Waals surface area contributed by atoms with E-state index in [0.717, 1.165) is 30.8 Å². The van der Waals surface area contributed by atoms with Gasteiger partial charge in [-0.05, 0) is 18.9 Å². The molecule has 1 aromatic carbocycles. The van der Waals surface area contributed by atoms with E-state index in [-0.39, 0.29) is 5.78 Å². The van der Waals surface area contributed by atoms with Crippen LogP contribution in [0.5, 0.6) is 0 Å². The SMILES string of the molecule is CC(=O)c1ccccc1C1CCOC1. The van der Waals surface area contributed by atoms with Crippen LogP contribution in [0, 0.1) is 0 Å². The Kier molecular flexibility index (Phi) is 2.64. The fraction of sp³-hybridized carbons (Fsp3) is 0.417. The average Bonchev–Trinajstić information content (AvgIpc) is 2.70. The van der Waals surface area contributed by atoms with E-state index in [4.69, 9.17) is 4.74 Å². The Morgan fingerprint density at radius 2 is 2.21 bits per heavy atom. The number of Topliss-reactive ketones (excluding diaryl/α,β-unsaturated/α-hetero) is 1. The van der Waals surface area contributed by atoms with Crippen LogP contribution >= 0.6 is 0 Å². The van der Waals surface area contributed by atoms with Crippen LogP contribution in [0.15, 0.2) is 24.3 Å². The molecule has 1 atom stereocenters. The van der Waals surface area contributed by atoms with Crippen LogP contribution in [0.3, 0.4) is 0 Å². The summed E-state index contributed by atoms with van der Waals surface area (Å²) in [7, 11) is 0. The van der Waals surface area contributed by atoms with Crippen LogP contribution in [0.1, 0.15) is 35.2 Å². The smallest absolute Gasteiger partial charge is 0.160 e. The Hall–Kier alpha value is -1.15. The molecule has 0 spiro atoms. The zero-order chi connectivity index (χ0) is 9.97. The van der Waals surface area contributed by atoms with Gasteiger partial charge in [-0.25, -0.2) is 0 Å². The number of rotatable bonds is 2. The normalized spacial score (nSPS) is 21.1. The molecule has 0 bridgehead atoms. The monoisotopic (exact) mass is 190 g/mol. The molecule has 0 radical (unpaired) electrons. The van der Waals surface area contributed by atoms with Gasteiger partial charge in [0.2, 0.25) is 0 Å². The lowest BCUT2D eigenvalue weighted by Gasteiger charge is -2.11. The van der Waals surface area contributed by atoms with Crippen LogP contribution in [0.4, 0.5) is 0 Å². The van der Waals surface area contributed by atoms with Gasteiger partial charge in [-0.3, -0.25) is 4.79 Å². The number of hydrogen-bond donors (Lipinski definition) is 0. The Morgan fingerprint density at radius 1 is 1.43 bits per heavy atom. The first-order valence-corrected chi connectivity index (χ1v) is 4.96. The van der Waals surface area contributed by atoms with Gasteiger partial charge in [0, 0.05) is 18.1 Å². The van der Waals surface area contributed by atoms with E-state index >= 15 is 0 Å². The van der Waals surface area contributed by atoms with Gasteiger partial charge >= 0.3 is 0 Å². The Bertz CT molecular complexity index is 338. The molecule has 74 valence electrons. The first kappa shape index (κ1) is 9.41. The lowest BCUT2D eigenvalue weighted by molar-refractivity contribution is 0.101. The van der Waals surface area contributed by atoms with Gasteiger partial charge in [-0.15, -0.1) is 0 Å². The molecule has 1 aromatic rings. The number of carbonyl (C=O) groups excluding carboxylic acids is 1. The van der Waals surface area contributed by atoms with Crippen molar-refractivity contribution in [2.75, 3.05) is 13.2 Å². The van der Waals surface area contributed by atoms with Crippen molar-refractivity contribution in [3.8, 4) is 0 Å². The van der Waals surface area contributed by atoms with Gasteiger partial charge in [0.05, 0.1) is 6.61 Å². The molecule has 1 aliphatic heterocycles. The van der Waals surface area contributed by atoms with E-state index in [1.54, 1.807) is 6.92 Å². The number of carbonyl (C=O) groups is 1. The van der Waals surface area contributed by atoms with Gasteiger partial charge < -0.3 is 4.74 Å². The van der Waals surface area contributed by atoms with E-state index in [1.807, 2.05) is 24.3 Å². The predicted octanol–water partition coefficient (Wildman–Crippen LogP) is 2.39. The third kappa shape index (κ3) is 1.70. The number of ether oxygens (including phenoxy) is 1. The molecule has 0 saturated carbocycles. The Morgan fingerprint density at radius 3 is 2.86 bits per heavy atom. The molecule has 1 unspecified atom stereocenters. The molecule has 0 aliphatic carbocycles. The summed E-state index contributed by atoms with van der Waals surface area (Å²) in [6, 6.07) is 7.84. The quantitative estimate of drug-likeness (QED) is 0.669.